The van der Waals surface area contributed by atoms with Gasteiger partial charge >= 0.3 is 5.97 Å². The van der Waals surface area contributed by atoms with Crippen LogP contribution in [0.15, 0.2) is 37.0 Å². The summed E-state index contributed by atoms with van der Waals surface area (Å²) in [7, 11) is -1.90. The van der Waals surface area contributed by atoms with Gasteiger partial charge in [0.1, 0.15) is 6.61 Å². The lowest BCUT2D eigenvalue weighted by Crippen LogP contribution is -2.44. The van der Waals surface area contributed by atoms with Gasteiger partial charge in [-0.3, -0.25) is 0 Å². The molecule has 4 heteroatoms. The molecule has 0 rings (SSSR count). The maximum atomic E-state index is 11.2. The highest BCUT2D eigenvalue weighted by Crippen LogP contribution is 2.37. The Labute approximate surface area is 124 Å². The first kappa shape index (κ1) is 18.9. The number of carbonyl (C=O) groups excluding carboxylic acids is 1. The minimum Gasteiger partial charge on any atom is -0.459 e. The van der Waals surface area contributed by atoms with Crippen molar-refractivity contribution in [1.82, 2.24) is 0 Å². The lowest BCUT2D eigenvalue weighted by Gasteiger charge is -2.38. The molecule has 0 fully saturated rings. The van der Waals surface area contributed by atoms with E-state index in [2.05, 4.69) is 40.4 Å². The second-order valence-electron chi connectivity index (χ2n) is 6.16. The lowest BCUT2D eigenvalue weighted by molar-refractivity contribution is -0.139. The van der Waals surface area contributed by atoms with Crippen molar-refractivity contribution in [3.8, 4) is 0 Å². The zero-order valence-electron chi connectivity index (χ0n) is 13.6. The minimum absolute atomic E-state index is 0.113. The predicted molar refractivity (Wildman–Crippen MR) is 87.2 cm³/mol. The van der Waals surface area contributed by atoms with Gasteiger partial charge in [-0.2, -0.15) is 0 Å². The molecule has 0 aromatic rings. The van der Waals surface area contributed by atoms with E-state index in [0.29, 0.717) is 0 Å². The van der Waals surface area contributed by atoms with Gasteiger partial charge in [0, 0.05) is 6.08 Å². The number of ether oxygens (including phenoxy) is 1. The molecule has 0 aliphatic rings. The van der Waals surface area contributed by atoms with Crippen molar-refractivity contribution < 1.29 is 14.0 Å². The number of carbonyl (C=O) groups is 1. The molecule has 0 saturated carbocycles. The Morgan fingerprint density at radius 1 is 1.30 bits per heavy atom. The summed E-state index contributed by atoms with van der Waals surface area (Å²) >= 11 is 0. The van der Waals surface area contributed by atoms with Gasteiger partial charge in [0.25, 0.3) is 0 Å². The Kier molecular flexibility index (Phi) is 7.75. The van der Waals surface area contributed by atoms with E-state index in [0.717, 1.165) is 0 Å². The highest BCUT2D eigenvalue weighted by Gasteiger charge is 2.38. The van der Waals surface area contributed by atoms with E-state index in [1.54, 1.807) is 0 Å². The molecule has 0 spiro atoms. The Bertz CT molecular complexity index is 376. The molecule has 0 amide bonds. The highest BCUT2D eigenvalue weighted by atomic mass is 28.4. The second kappa shape index (κ2) is 8.22. The third kappa shape index (κ3) is 6.87. The zero-order valence-corrected chi connectivity index (χ0v) is 14.6. The van der Waals surface area contributed by atoms with Crippen molar-refractivity contribution in [2.75, 3.05) is 6.61 Å². The number of hydrogen-bond acceptors (Lipinski definition) is 3. The van der Waals surface area contributed by atoms with Crippen molar-refractivity contribution in [3.05, 3.63) is 37.0 Å². The van der Waals surface area contributed by atoms with Gasteiger partial charge in [0.15, 0.2) is 8.32 Å². The standard InChI is InChI=1S/C16H28O3Si/c1-8-10-11-12-14(13-18-15(17)9-2)19-20(6,7)16(3,4)5/h8-12,14H,2,13H2,1,3-7H3/b10-8+,12-11+/t14-/m1/s1. The maximum absolute atomic E-state index is 11.2. The molecule has 0 heterocycles. The normalized spacial score (nSPS) is 14.7. The fourth-order valence-corrected chi connectivity index (χ4v) is 2.46. The molecule has 0 bridgehead atoms. The third-order valence-electron chi connectivity index (χ3n) is 3.44. The largest absolute Gasteiger partial charge is 0.459 e. The van der Waals surface area contributed by atoms with Crippen LogP contribution in [0.3, 0.4) is 0 Å². The van der Waals surface area contributed by atoms with Crippen LogP contribution in [0.25, 0.3) is 0 Å². The van der Waals surface area contributed by atoms with E-state index in [9.17, 15) is 4.79 Å². The minimum atomic E-state index is -1.90. The SMILES string of the molecule is C=CC(=O)OC[C@@H](/C=C/C=C/C)O[Si](C)(C)C(C)(C)C. The zero-order chi connectivity index (χ0) is 15.8. The lowest BCUT2D eigenvalue weighted by atomic mass is 10.2. The topological polar surface area (TPSA) is 35.5 Å². The highest BCUT2D eigenvalue weighted by molar-refractivity contribution is 6.74. The number of hydrogen-bond donors (Lipinski definition) is 0. The van der Waals surface area contributed by atoms with Crippen molar-refractivity contribution in [1.29, 1.82) is 0 Å². The van der Waals surface area contributed by atoms with Crippen LogP contribution >= 0.6 is 0 Å². The van der Waals surface area contributed by atoms with E-state index >= 15 is 0 Å². The first-order valence-electron chi connectivity index (χ1n) is 6.90. The molecule has 114 valence electrons. The summed E-state index contributed by atoms with van der Waals surface area (Å²) in [6.45, 7) is 16.5. The summed E-state index contributed by atoms with van der Waals surface area (Å²) in [6, 6.07) is 0. The average Bonchev–Trinajstić information content (AvgIpc) is 2.33. The number of allylic oxidation sites excluding steroid dienone is 3. The Morgan fingerprint density at radius 2 is 1.90 bits per heavy atom. The van der Waals surface area contributed by atoms with Crippen molar-refractivity contribution in [2.45, 2.75) is 51.9 Å². The number of esters is 1. The molecule has 0 aliphatic heterocycles. The van der Waals surface area contributed by atoms with Gasteiger partial charge in [-0.1, -0.05) is 51.7 Å². The second-order valence-corrected chi connectivity index (χ2v) is 10.9. The summed E-state index contributed by atoms with van der Waals surface area (Å²) in [4.78, 5) is 11.2. The van der Waals surface area contributed by atoms with Gasteiger partial charge in [-0.15, -0.1) is 0 Å². The van der Waals surface area contributed by atoms with Gasteiger partial charge in [0.05, 0.1) is 6.10 Å². The van der Waals surface area contributed by atoms with Crippen molar-refractivity contribution in [2.24, 2.45) is 0 Å². The molecule has 20 heavy (non-hydrogen) atoms. The molecule has 0 N–H and O–H groups in total. The van der Waals surface area contributed by atoms with E-state index in [1.807, 2.05) is 31.2 Å². The Balaban J connectivity index is 4.84. The first-order valence-corrected chi connectivity index (χ1v) is 9.81. The molecule has 1 atom stereocenters. The van der Waals surface area contributed by atoms with E-state index in [4.69, 9.17) is 9.16 Å². The van der Waals surface area contributed by atoms with E-state index in [1.165, 1.54) is 6.08 Å². The monoisotopic (exact) mass is 296 g/mol. The smallest absolute Gasteiger partial charge is 0.330 e. The van der Waals surface area contributed by atoms with Gasteiger partial charge in [-0.05, 0) is 25.1 Å². The predicted octanol–water partition coefficient (Wildman–Crippen LogP) is 4.24. The maximum Gasteiger partial charge on any atom is 0.330 e. The van der Waals surface area contributed by atoms with Crippen LogP contribution in [0.5, 0.6) is 0 Å². The fraction of sp³-hybridized carbons (Fsp3) is 0.562. The summed E-state index contributed by atoms with van der Waals surface area (Å²) in [5, 5.41) is 0.113. The van der Waals surface area contributed by atoms with Gasteiger partial charge in [0.2, 0.25) is 0 Å². The molecule has 0 radical (unpaired) electrons. The summed E-state index contributed by atoms with van der Waals surface area (Å²) in [5.41, 5.74) is 0. The first-order chi connectivity index (χ1) is 9.14. The van der Waals surface area contributed by atoms with E-state index in [-0.39, 0.29) is 17.7 Å². The molecule has 0 unspecified atom stereocenters. The molecular formula is C16H28O3Si. The molecule has 3 nitrogen and oxygen atoms in total. The van der Waals surface area contributed by atoms with Crippen molar-refractivity contribution >= 4 is 14.3 Å². The van der Waals surface area contributed by atoms with E-state index < -0.39 is 14.3 Å². The summed E-state index contributed by atoms with van der Waals surface area (Å²) < 4.78 is 11.4. The quantitative estimate of drug-likeness (QED) is 0.305. The van der Waals surface area contributed by atoms with Crippen molar-refractivity contribution in [3.63, 3.8) is 0 Å². The molecule has 0 aliphatic carbocycles. The van der Waals surface area contributed by atoms with Crippen LogP contribution in [0.2, 0.25) is 18.1 Å². The Morgan fingerprint density at radius 3 is 2.35 bits per heavy atom. The van der Waals surface area contributed by atoms with Crippen LogP contribution in [-0.4, -0.2) is 27.0 Å². The van der Waals surface area contributed by atoms with Crippen LogP contribution < -0.4 is 0 Å². The molecule has 0 aromatic carbocycles. The number of rotatable bonds is 7. The molecule has 0 aromatic heterocycles. The van der Waals surface area contributed by atoms with Crippen LogP contribution in [-0.2, 0) is 14.0 Å². The Hall–Kier alpha value is -1.13. The fourth-order valence-electron chi connectivity index (χ4n) is 1.21. The van der Waals surface area contributed by atoms with Crippen LogP contribution in [0.4, 0.5) is 0 Å². The third-order valence-corrected chi connectivity index (χ3v) is 7.94. The molecular weight excluding hydrogens is 268 g/mol. The van der Waals surface area contributed by atoms with Gasteiger partial charge < -0.3 is 9.16 Å². The van der Waals surface area contributed by atoms with Gasteiger partial charge in [-0.25, -0.2) is 4.79 Å². The molecule has 0 saturated heterocycles. The average molecular weight is 296 g/mol. The summed E-state index contributed by atoms with van der Waals surface area (Å²) in [6.07, 6.45) is 8.65. The van der Waals surface area contributed by atoms with Crippen LogP contribution in [0.1, 0.15) is 27.7 Å². The van der Waals surface area contributed by atoms with Crippen LogP contribution in [0, 0.1) is 0 Å². The summed E-state index contributed by atoms with van der Waals surface area (Å²) in [5.74, 6) is -0.423.